The van der Waals surface area contributed by atoms with Crippen molar-refractivity contribution in [1.82, 2.24) is 4.57 Å². The maximum absolute atomic E-state index is 13.3. The Bertz CT molecular complexity index is 1050. The highest BCUT2D eigenvalue weighted by atomic mass is 19.1. The smallest absolute Gasteiger partial charge is 0.244 e. The summed E-state index contributed by atoms with van der Waals surface area (Å²) >= 11 is 0. The van der Waals surface area contributed by atoms with Gasteiger partial charge in [-0.15, -0.1) is 0 Å². The van der Waals surface area contributed by atoms with E-state index in [-0.39, 0.29) is 24.1 Å². The number of amides is 1. The van der Waals surface area contributed by atoms with Gasteiger partial charge in [0.15, 0.2) is 5.78 Å². The van der Waals surface area contributed by atoms with Crippen LogP contribution in [0, 0.1) is 26.6 Å². The van der Waals surface area contributed by atoms with E-state index in [2.05, 4.69) is 5.32 Å². The van der Waals surface area contributed by atoms with Crippen molar-refractivity contribution in [3.8, 4) is 11.3 Å². The molecule has 3 aromatic rings. The fourth-order valence-electron chi connectivity index (χ4n) is 3.28. The van der Waals surface area contributed by atoms with E-state index in [0.29, 0.717) is 17.0 Å². The van der Waals surface area contributed by atoms with Crippen LogP contribution in [0.5, 0.6) is 0 Å². The van der Waals surface area contributed by atoms with E-state index in [4.69, 9.17) is 0 Å². The third-order valence-electron chi connectivity index (χ3n) is 5.07. The van der Waals surface area contributed by atoms with Crippen molar-refractivity contribution in [3.05, 3.63) is 76.7 Å². The standard InChI is InChI=1S/C23H23FN2O2/c1-14-6-5-7-21(15(14)2)25-23(28)13-26-16(3)20(17(4)27)12-22(26)18-8-10-19(24)11-9-18/h5-12H,13H2,1-4H3,(H,25,28). The first-order chi connectivity index (χ1) is 13.3. The van der Waals surface area contributed by atoms with Crippen LogP contribution < -0.4 is 5.32 Å². The molecule has 2 aromatic carbocycles. The minimum atomic E-state index is -0.335. The van der Waals surface area contributed by atoms with Gasteiger partial charge in [0.05, 0.1) is 0 Å². The lowest BCUT2D eigenvalue weighted by Crippen LogP contribution is -2.21. The van der Waals surface area contributed by atoms with Crippen molar-refractivity contribution < 1.29 is 14.0 Å². The van der Waals surface area contributed by atoms with E-state index < -0.39 is 0 Å². The minimum Gasteiger partial charge on any atom is -0.335 e. The second kappa shape index (κ2) is 7.80. The van der Waals surface area contributed by atoms with Crippen molar-refractivity contribution in [2.75, 3.05) is 5.32 Å². The van der Waals surface area contributed by atoms with Crippen LogP contribution in [-0.4, -0.2) is 16.3 Å². The largest absolute Gasteiger partial charge is 0.335 e. The van der Waals surface area contributed by atoms with Gasteiger partial charge >= 0.3 is 0 Å². The van der Waals surface area contributed by atoms with Gasteiger partial charge in [0.25, 0.3) is 0 Å². The SMILES string of the molecule is CC(=O)c1cc(-c2ccc(F)cc2)n(CC(=O)Nc2cccc(C)c2C)c1C. The summed E-state index contributed by atoms with van der Waals surface area (Å²) in [6, 6.07) is 13.5. The summed E-state index contributed by atoms with van der Waals surface area (Å²) in [5.41, 5.74) is 5.60. The zero-order valence-corrected chi connectivity index (χ0v) is 16.5. The molecule has 5 heteroatoms. The highest BCUT2D eigenvalue weighted by Crippen LogP contribution is 2.27. The summed E-state index contributed by atoms with van der Waals surface area (Å²) in [4.78, 5) is 24.7. The van der Waals surface area contributed by atoms with Crippen LogP contribution in [0.25, 0.3) is 11.3 Å². The topological polar surface area (TPSA) is 51.1 Å². The number of nitrogens with one attached hydrogen (secondary N) is 1. The van der Waals surface area contributed by atoms with Crippen LogP contribution in [0.4, 0.5) is 10.1 Å². The number of rotatable bonds is 5. The number of carbonyl (C=O) groups excluding carboxylic acids is 2. The van der Waals surface area contributed by atoms with E-state index in [1.54, 1.807) is 22.8 Å². The van der Waals surface area contributed by atoms with Crippen LogP contribution in [0.1, 0.15) is 34.1 Å². The summed E-state index contributed by atoms with van der Waals surface area (Å²) in [6.45, 7) is 7.32. The third kappa shape index (κ3) is 3.88. The van der Waals surface area contributed by atoms with Crippen molar-refractivity contribution in [3.63, 3.8) is 0 Å². The second-order valence-electron chi connectivity index (χ2n) is 6.97. The normalized spacial score (nSPS) is 10.8. The van der Waals surface area contributed by atoms with Crippen molar-refractivity contribution in [2.45, 2.75) is 34.2 Å². The van der Waals surface area contributed by atoms with E-state index in [1.807, 2.05) is 39.0 Å². The Morgan fingerprint density at radius 2 is 1.71 bits per heavy atom. The number of nitrogens with zero attached hydrogens (tertiary/aromatic N) is 1. The Kier molecular flexibility index (Phi) is 5.45. The molecule has 1 heterocycles. The second-order valence-corrected chi connectivity index (χ2v) is 6.97. The number of aryl methyl sites for hydroxylation is 1. The van der Waals surface area contributed by atoms with E-state index in [9.17, 15) is 14.0 Å². The average Bonchev–Trinajstić information content (AvgIpc) is 2.96. The van der Waals surface area contributed by atoms with Crippen LogP contribution in [0.3, 0.4) is 0 Å². The fourth-order valence-corrected chi connectivity index (χ4v) is 3.28. The molecule has 0 saturated heterocycles. The van der Waals surface area contributed by atoms with Crippen LogP contribution in [-0.2, 0) is 11.3 Å². The number of benzene rings is 2. The minimum absolute atomic E-state index is 0.0548. The molecule has 0 bridgehead atoms. The van der Waals surface area contributed by atoms with Crippen molar-refractivity contribution >= 4 is 17.4 Å². The predicted octanol–water partition coefficient (Wildman–Crippen LogP) is 5.06. The maximum atomic E-state index is 13.3. The number of halogens is 1. The number of ketones is 1. The molecular formula is C23H23FN2O2. The summed E-state index contributed by atoms with van der Waals surface area (Å²) in [6.07, 6.45) is 0. The van der Waals surface area contributed by atoms with Gasteiger partial charge in [0.2, 0.25) is 5.91 Å². The first-order valence-corrected chi connectivity index (χ1v) is 9.11. The summed E-state index contributed by atoms with van der Waals surface area (Å²) in [5.74, 6) is -0.599. The maximum Gasteiger partial charge on any atom is 0.244 e. The molecule has 4 nitrogen and oxygen atoms in total. The van der Waals surface area contributed by atoms with Gasteiger partial charge < -0.3 is 9.88 Å². The number of Topliss-reactive ketones (excluding diaryl/α,β-unsaturated/α-hetero) is 1. The molecule has 1 aromatic heterocycles. The molecule has 0 unspecified atom stereocenters. The third-order valence-corrected chi connectivity index (χ3v) is 5.07. The average molecular weight is 378 g/mol. The molecule has 0 saturated carbocycles. The van der Waals surface area contributed by atoms with Crippen LogP contribution in [0.2, 0.25) is 0 Å². The Morgan fingerprint density at radius 1 is 1.04 bits per heavy atom. The van der Waals surface area contributed by atoms with Gasteiger partial charge in [-0.25, -0.2) is 4.39 Å². The van der Waals surface area contributed by atoms with Gasteiger partial charge in [-0.05, 0) is 80.8 Å². The molecule has 0 atom stereocenters. The Labute approximate surface area is 164 Å². The number of hydrogen-bond acceptors (Lipinski definition) is 2. The highest BCUT2D eigenvalue weighted by Gasteiger charge is 2.18. The highest BCUT2D eigenvalue weighted by molar-refractivity contribution is 5.97. The molecule has 1 amide bonds. The molecule has 0 spiro atoms. The lowest BCUT2D eigenvalue weighted by Gasteiger charge is -2.14. The van der Waals surface area contributed by atoms with Gasteiger partial charge in [-0.3, -0.25) is 9.59 Å². The van der Waals surface area contributed by atoms with E-state index in [0.717, 1.165) is 22.4 Å². The van der Waals surface area contributed by atoms with Gasteiger partial charge in [-0.2, -0.15) is 0 Å². The molecule has 3 rings (SSSR count). The molecule has 0 aliphatic carbocycles. The summed E-state index contributed by atoms with van der Waals surface area (Å²) < 4.78 is 15.1. The molecule has 28 heavy (non-hydrogen) atoms. The Hall–Kier alpha value is -3.21. The monoisotopic (exact) mass is 378 g/mol. The quantitative estimate of drug-likeness (QED) is 0.631. The predicted molar refractivity (Wildman–Crippen MR) is 109 cm³/mol. The van der Waals surface area contributed by atoms with Crippen molar-refractivity contribution in [1.29, 1.82) is 0 Å². The lowest BCUT2D eigenvalue weighted by atomic mass is 10.1. The molecule has 144 valence electrons. The molecule has 0 aliphatic rings. The van der Waals surface area contributed by atoms with Gasteiger partial charge in [0, 0.05) is 22.6 Å². The molecular weight excluding hydrogens is 355 g/mol. The lowest BCUT2D eigenvalue weighted by molar-refractivity contribution is -0.116. The number of anilines is 1. The molecule has 0 radical (unpaired) electrons. The number of hydrogen-bond donors (Lipinski definition) is 1. The number of carbonyl (C=O) groups is 2. The molecule has 1 N–H and O–H groups in total. The zero-order valence-electron chi connectivity index (χ0n) is 16.5. The van der Waals surface area contributed by atoms with Gasteiger partial charge in [-0.1, -0.05) is 12.1 Å². The summed E-state index contributed by atoms with van der Waals surface area (Å²) in [5, 5.41) is 2.95. The first-order valence-electron chi connectivity index (χ1n) is 9.11. The fraction of sp³-hybridized carbons (Fsp3) is 0.217. The Balaban J connectivity index is 1.96. The molecule has 0 aliphatic heterocycles. The van der Waals surface area contributed by atoms with Crippen molar-refractivity contribution in [2.24, 2.45) is 0 Å². The van der Waals surface area contributed by atoms with Crippen LogP contribution in [0.15, 0.2) is 48.5 Å². The number of aromatic nitrogens is 1. The van der Waals surface area contributed by atoms with E-state index >= 15 is 0 Å². The van der Waals surface area contributed by atoms with E-state index in [1.165, 1.54) is 19.1 Å². The Morgan fingerprint density at radius 3 is 2.36 bits per heavy atom. The summed E-state index contributed by atoms with van der Waals surface area (Å²) in [7, 11) is 0. The molecule has 0 fully saturated rings. The first kappa shape index (κ1) is 19.5. The zero-order chi connectivity index (χ0) is 20.4. The van der Waals surface area contributed by atoms with Gasteiger partial charge in [0.1, 0.15) is 12.4 Å². The van der Waals surface area contributed by atoms with Crippen LogP contribution >= 0.6 is 0 Å².